The van der Waals surface area contributed by atoms with E-state index in [0.717, 1.165) is 33.6 Å². The van der Waals surface area contributed by atoms with Crippen LogP contribution in [0, 0.1) is 11.3 Å². The summed E-state index contributed by atoms with van der Waals surface area (Å²) in [6, 6.07) is 14.2. The highest BCUT2D eigenvalue weighted by Gasteiger charge is 2.13. The van der Waals surface area contributed by atoms with E-state index in [1.165, 1.54) is 0 Å². The first-order chi connectivity index (χ1) is 11.7. The second-order valence-electron chi connectivity index (χ2n) is 5.68. The maximum absolute atomic E-state index is 8.93. The number of nitriles is 1. The SMILES string of the molecule is CN(Cc1ncccc1Br)Cc1nc2ccccc2n1CCC#N. The number of fused-ring (bicyclic) bond motifs is 1. The summed E-state index contributed by atoms with van der Waals surface area (Å²) in [4.78, 5) is 11.3. The Morgan fingerprint density at radius 2 is 2.04 bits per heavy atom. The molecule has 3 rings (SSSR count). The molecule has 0 aliphatic carbocycles. The van der Waals surface area contributed by atoms with Crippen molar-refractivity contribution >= 4 is 27.0 Å². The van der Waals surface area contributed by atoms with Gasteiger partial charge in [0.25, 0.3) is 0 Å². The zero-order valence-corrected chi connectivity index (χ0v) is 15.1. The molecule has 6 heteroatoms. The number of pyridine rings is 1. The summed E-state index contributed by atoms with van der Waals surface area (Å²) in [5, 5.41) is 8.93. The van der Waals surface area contributed by atoms with Crippen LogP contribution in [-0.2, 0) is 19.6 Å². The number of hydrogen-bond acceptors (Lipinski definition) is 4. The molecule has 5 nitrogen and oxygen atoms in total. The van der Waals surface area contributed by atoms with Crippen molar-refractivity contribution in [2.45, 2.75) is 26.1 Å². The van der Waals surface area contributed by atoms with Crippen LogP contribution in [0.2, 0.25) is 0 Å². The molecule has 0 radical (unpaired) electrons. The van der Waals surface area contributed by atoms with E-state index < -0.39 is 0 Å². The summed E-state index contributed by atoms with van der Waals surface area (Å²) in [5.74, 6) is 0.973. The van der Waals surface area contributed by atoms with Crippen molar-refractivity contribution in [3.05, 3.63) is 58.6 Å². The molecule has 2 heterocycles. The van der Waals surface area contributed by atoms with Gasteiger partial charge < -0.3 is 4.57 Å². The van der Waals surface area contributed by atoms with Gasteiger partial charge in [0.1, 0.15) is 5.82 Å². The first-order valence-corrected chi connectivity index (χ1v) is 8.57. The topological polar surface area (TPSA) is 57.7 Å². The molecule has 0 atom stereocenters. The fraction of sp³-hybridized carbons (Fsp3) is 0.278. The minimum absolute atomic E-state index is 0.475. The Morgan fingerprint density at radius 3 is 2.83 bits per heavy atom. The monoisotopic (exact) mass is 383 g/mol. The normalized spacial score (nSPS) is 11.1. The van der Waals surface area contributed by atoms with Crippen LogP contribution >= 0.6 is 15.9 Å². The van der Waals surface area contributed by atoms with Crippen molar-refractivity contribution in [2.24, 2.45) is 0 Å². The van der Waals surface area contributed by atoms with E-state index in [2.05, 4.69) is 49.6 Å². The Kier molecular flexibility index (Phi) is 5.24. The van der Waals surface area contributed by atoms with Crippen molar-refractivity contribution in [1.82, 2.24) is 19.4 Å². The van der Waals surface area contributed by atoms with Crippen molar-refractivity contribution in [1.29, 1.82) is 5.26 Å². The van der Waals surface area contributed by atoms with Crippen LogP contribution in [0.25, 0.3) is 11.0 Å². The van der Waals surface area contributed by atoms with Crippen LogP contribution in [0.1, 0.15) is 17.9 Å². The molecular formula is C18H18BrN5. The van der Waals surface area contributed by atoms with Crippen LogP contribution in [0.3, 0.4) is 0 Å². The number of rotatable bonds is 6. The molecule has 0 saturated heterocycles. The number of aryl methyl sites for hydroxylation is 1. The fourth-order valence-corrected chi connectivity index (χ4v) is 3.13. The van der Waals surface area contributed by atoms with E-state index >= 15 is 0 Å². The smallest absolute Gasteiger partial charge is 0.124 e. The molecule has 0 bridgehead atoms. The number of para-hydroxylation sites is 2. The van der Waals surface area contributed by atoms with Gasteiger partial charge in [0.2, 0.25) is 0 Å². The predicted octanol–water partition coefficient (Wildman–Crippen LogP) is 3.74. The standard InChI is InChI=1S/C18H18BrN5/c1-23(12-16-14(19)6-4-10-21-16)13-18-22-15-7-2-3-8-17(15)24(18)11-5-9-20/h2-4,6-8,10H,5,11-13H2,1H3. The second-order valence-corrected chi connectivity index (χ2v) is 6.54. The number of imidazole rings is 1. The summed E-state index contributed by atoms with van der Waals surface area (Å²) in [7, 11) is 2.05. The van der Waals surface area contributed by atoms with Gasteiger partial charge >= 0.3 is 0 Å². The Balaban J connectivity index is 1.83. The third kappa shape index (κ3) is 3.64. The summed E-state index contributed by atoms with van der Waals surface area (Å²) < 4.78 is 3.15. The second kappa shape index (κ2) is 7.56. The highest BCUT2D eigenvalue weighted by atomic mass is 79.9. The van der Waals surface area contributed by atoms with Gasteiger partial charge in [-0.05, 0) is 47.2 Å². The van der Waals surface area contributed by atoms with E-state index in [0.29, 0.717) is 19.5 Å². The average molecular weight is 384 g/mol. The lowest BCUT2D eigenvalue weighted by Crippen LogP contribution is -2.21. The molecule has 2 aromatic heterocycles. The van der Waals surface area contributed by atoms with Crippen molar-refractivity contribution in [3.8, 4) is 6.07 Å². The lowest BCUT2D eigenvalue weighted by molar-refractivity contribution is 0.301. The van der Waals surface area contributed by atoms with Crippen molar-refractivity contribution in [3.63, 3.8) is 0 Å². The van der Waals surface area contributed by atoms with Crippen molar-refractivity contribution < 1.29 is 0 Å². The van der Waals surface area contributed by atoms with Crippen molar-refractivity contribution in [2.75, 3.05) is 7.05 Å². The molecule has 0 saturated carbocycles. The minimum Gasteiger partial charge on any atom is -0.326 e. The Morgan fingerprint density at radius 1 is 1.21 bits per heavy atom. The minimum atomic E-state index is 0.475. The van der Waals surface area contributed by atoms with Crippen LogP contribution in [-0.4, -0.2) is 26.5 Å². The molecule has 122 valence electrons. The van der Waals surface area contributed by atoms with Gasteiger partial charge in [-0.15, -0.1) is 0 Å². The Hall–Kier alpha value is -2.23. The first-order valence-electron chi connectivity index (χ1n) is 7.78. The Bertz CT molecular complexity index is 880. The van der Waals surface area contributed by atoms with Gasteiger partial charge in [-0.1, -0.05) is 12.1 Å². The fourth-order valence-electron chi connectivity index (χ4n) is 2.75. The molecule has 1 aromatic carbocycles. The number of hydrogen-bond donors (Lipinski definition) is 0. The molecule has 0 aliphatic heterocycles. The van der Waals surface area contributed by atoms with Gasteiger partial charge in [0.05, 0.1) is 35.8 Å². The number of nitrogens with zero attached hydrogens (tertiary/aromatic N) is 5. The van der Waals surface area contributed by atoms with E-state index in [1.807, 2.05) is 30.3 Å². The summed E-state index contributed by atoms with van der Waals surface area (Å²) in [6.45, 7) is 2.08. The Labute approximate surface area is 149 Å². The van der Waals surface area contributed by atoms with Crippen LogP contribution < -0.4 is 0 Å². The van der Waals surface area contributed by atoms with E-state index in [1.54, 1.807) is 6.20 Å². The molecule has 3 aromatic rings. The summed E-state index contributed by atoms with van der Waals surface area (Å²) in [5.41, 5.74) is 3.05. The van der Waals surface area contributed by atoms with Crippen LogP contribution in [0.15, 0.2) is 47.1 Å². The molecule has 0 aliphatic rings. The highest BCUT2D eigenvalue weighted by molar-refractivity contribution is 9.10. The molecule has 0 N–H and O–H groups in total. The van der Waals surface area contributed by atoms with E-state index in [4.69, 9.17) is 10.2 Å². The first kappa shape index (κ1) is 16.6. The van der Waals surface area contributed by atoms with Crippen LogP contribution in [0.5, 0.6) is 0 Å². The summed E-state index contributed by atoms with van der Waals surface area (Å²) in [6.07, 6.45) is 2.28. The maximum atomic E-state index is 8.93. The zero-order chi connectivity index (χ0) is 16.9. The highest BCUT2D eigenvalue weighted by Crippen LogP contribution is 2.19. The average Bonchev–Trinajstić information content (AvgIpc) is 2.92. The maximum Gasteiger partial charge on any atom is 0.124 e. The van der Waals surface area contributed by atoms with Gasteiger partial charge in [-0.25, -0.2) is 4.98 Å². The third-order valence-corrected chi connectivity index (χ3v) is 4.57. The lowest BCUT2D eigenvalue weighted by atomic mass is 10.3. The lowest BCUT2D eigenvalue weighted by Gasteiger charge is -2.17. The summed E-state index contributed by atoms with van der Waals surface area (Å²) >= 11 is 3.54. The molecule has 24 heavy (non-hydrogen) atoms. The predicted molar refractivity (Wildman–Crippen MR) is 97.1 cm³/mol. The quantitative estimate of drug-likeness (QED) is 0.650. The number of halogens is 1. The molecule has 0 unspecified atom stereocenters. The third-order valence-electron chi connectivity index (χ3n) is 3.85. The molecule has 0 spiro atoms. The number of benzene rings is 1. The zero-order valence-electron chi connectivity index (χ0n) is 13.5. The van der Waals surface area contributed by atoms with Gasteiger partial charge in [-0.3, -0.25) is 9.88 Å². The number of aromatic nitrogens is 3. The van der Waals surface area contributed by atoms with Gasteiger partial charge in [0.15, 0.2) is 0 Å². The van der Waals surface area contributed by atoms with Gasteiger partial charge in [-0.2, -0.15) is 5.26 Å². The van der Waals surface area contributed by atoms with E-state index in [-0.39, 0.29) is 0 Å². The van der Waals surface area contributed by atoms with Gasteiger partial charge in [0, 0.05) is 23.8 Å². The molecule has 0 amide bonds. The molecular weight excluding hydrogens is 366 g/mol. The van der Waals surface area contributed by atoms with E-state index in [9.17, 15) is 0 Å². The van der Waals surface area contributed by atoms with Crippen LogP contribution in [0.4, 0.5) is 0 Å². The molecule has 0 fully saturated rings. The largest absolute Gasteiger partial charge is 0.326 e.